The highest BCUT2D eigenvalue weighted by Crippen LogP contribution is 2.37. The lowest BCUT2D eigenvalue weighted by molar-refractivity contribution is -0.384. The second-order valence-corrected chi connectivity index (χ2v) is 19.6. The second-order valence-electron chi connectivity index (χ2n) is 19.6. The number of nitro benzene ring substituents is 1. The number of carbonyl (C=O) groups is 6. The topological polar surface area (TPSA) is 262 Å². The molecule has 1 aromatic heterocycles. The van der Waals surface area contributed by atoms with Gasteiger partial charge in [0.1, 0.15) is 28.7 Å². The van der Waals surface area contributed by atoms with Crippen molar-refractivity contribution in [3.63, 3.8) is 0 Å². The first-order valence-electron chi connectivity index (χ1n) is 27.3. The Labute approximate surface area is 469 Å². The van der Waals surface area contributed by atoms with E-state index in [-0.39, 0.29) is 34.7 Å². The number of benzene rings is 4. The van der Waals surface area contributed by atoms with Gasteiger partial charge in [-0.25, -0.2) is 14.3 Å². The Morgan fingerprint density at radius 2 is 0.926 bits per heavy atom. The van der Waals surface area contributed by atoms with E-state index in [2.05, 4.69) is 28.8 Å². The number of rotatable bonds is 30. The normalized spacial score (nSPS) is 16.6. The predicted molar refractivity (Wildman–Crippen MR) is 294 cm³/mol. The van der Waals surface area contributed by atoms with Crippen LogP contribution in [-0.2, 0) is 38.2 Å². The van der Waals surface area contributed by atoms with Gasteiger partial charge in [0.25, 0.3) is 5.69 Å². The molecule has 81 heavy (non-hydrogen) atoms. The smallest absolute Gasteiger partial charge is 0.330 e. The first-order chi connectivity index (χ1) is 39.3. The number of nitrogens with zero attached hydrogens (tertiary/aromatic N) is 4. The number of ether oxygens (including phenoxy) is 8. The van der Waals surface area contributed by atoms with Crippen molar-refractivity contribution in [3.8, 4) is 40.2 Å². The van der Waals surface area contributed by atoms with Gasteiger partial charge in [-0.3, -0.25) is 29.3 Å². The summed E-state index contributed by atoms with van der Waals surface area (Å²) in [5, 5.41) is 22.7. The maximum atomic E-state index is 13.8. The van der Waals surface area contributed by atoms with E-state index in [0.29, 0.717) is 106 Å². The molecule has 5 aromatic rings. The molecule has 4 aromatic carbocycles. The van der Waals surface area contributed by atoms with Crippen LogP contribution in [0, 0.1) is 33.8 Å². The number of hydrogen-bond acceptors (Lipinski definition) is 19. The van der Waals surface area contributed by atoms with Crippen LogP contribution in [0.1, 0.15) is 103 Å². The zero-order valence-corrected chi connectivity index (χ0v) is 45.1. The van der Waals surface area contributed by atoms with Crippen molar-refractivity contribution in [2.75, 3.05) is 31.7 Å². The number of nitrogens with one attached hydrogen (secondary N) is 1. The molecule has 2 aliphatic rings. The van der Waals surface area contributed by atoms with Crippen molar-refractivity contribution in [2.24, 2.45) is 23.7 Å². The lowest BCUT2D eigenvalue weighted by atomic mass is 9.82. The SMILES string of the molecule is C=CC(=O)OCCCCCCOc1ccc(OC(=O)C2CCC(C(=O)Oc3ccc(OC(=O)C4CCC(C(=O)Oc5ccc(OCCCCCCOC(=O)C=C)cc5)CC4)c(Nc4cn(-c5ccc([N+](=O)[O-])cc5)nn4)c3)CC2)cc1. The van der Waals surface area contributed by atoms with Crippen LogP contribution in [0.3, 0.4) is 0 Å². The third-order valence-corrected chi connectivity index (χ3v) is 13.8. The number of unbranched alkanes of at least 4 members (excludes halogenated alkanes) is 6. The van der Waals surface area contributed by atoms with E-state index >= 15 is 0 Å². The zero-order valence-electron chi connectivity index (χ0n) is 45.1. The Morgan fingerprint density at radius 1 is 0.531 bits per heavy atom. The molecule has 0 saturated heterocycles. The van der Waals surface area contributed by atoms with Crippen LogP contribution in [0.4, 0.5) is 17.2 Å². The van der Waals surface area contributed by atoms with Gasteiger partial charge in [0.2, 0.25) is 0 Å². The Morgan fingerprint density at radius 3 is 1.36 bits per heavy atom. The Bertz CT molecular complexity index is 2930. The van der Waals surface area contributed by atoms with E-state index < -0.39 is 58.4 Å². The Balaban J connectivity index is 0.879. The van der Waals surface area contributed by atoms with Crippen LogP contribution < -0.4 is 33.7 Å². The zero-order chi connectivity index (χ0) is 57.3. The van der Waals surface area contributed by atoms with Gasteiger partial charge < -0.3 is 43.2 Å². The molecular weight excluding hydrogens is 1050 g/mol. The number of aromatic nitrogens is 3. The van der Waals surface area contributed by atoms with E-state index in [1.807, 2.05) is 0 Å². The summed E-state index contributed by atoms with van der Waals surface area (Å²) in [5.41, 5.74) is 0.621. The molecule has 21 heteroatoms. The van der Waals surface area contributed by atoms with Gasteiger partial charge in [-0.05, 0) is 176 Å². The number of esters is 6. The highest BCUT2D eigenvalue weighted by molar-refractivity contribution is 5.82. The summed E-state index contributed by atoms with van der Waals surface area (Å²) in [6.45, 7) is 8.50. The molecule has 0 aliphatic heterocycles. The second kappa shape index (κ2) is 31.1. The molecule has 0 spiro atoms. The first kappa shape index (κ1) is 59.8. The number of hydrogen-bond donors (Lipinski definition) is 1. The molecule has 2 saturated carbocycles. The fraction of sp³-hybridized carbons (Fsp3) is 0.400. The van der Waals surface area contributed by atoms with E-state index in [4.69, 9.17) is 37.9 Å². The molecule has 428 valence electrons. The van der Waals surface area contributed by atoms with Gasteiger partial charge in [0, 0.05) is 30.4 Å². The fourth-order valence-electron chi connectivity index (χ4n) is 9.16. The average Bonchev–Trinajstić information content (AvgIpc) is 3.96. The van der Waals surface area contributed by atoms with Crippen molar-refractivity contribution in [1.82, 2.24) is 15.0 Å². The minimum atomic E-state index is -0.525. The summed E-state index contributed by atoms with van der Waals surface area (Å²) in [6, 6.07) is 23.9. The summed E-state index contributed by atoms with van der Waals surface area (Å²) in [6.07, 6.45) is 13.8. The van der Waals surface area contributed by atoms with Gasteiger partial charge in [-0.1, -0.05) is 18.4 Å². The standard InChI is InChI=1S/C60H67N5O16/c1-3-55(66)76-37-11-7-5-9-35-74-47-25-29-49(30-26-47)78-57(68)41-13-15-43(16-14-41)59(70)80-51-33-34-53(52(39-51)61-54-40-64(63-62-54)45-21-23-46(24-22-45)65(72)73)81-60(71)44-19-17-42(18-20-44)58(69)79-50-31-27-48(28-32-50)75-36-10-6-8-12-38-77-56(67)4-2/h3-4,21-34,39-44,61H,1-2,5-20,35-38H2. The van der Waals surface area contributed by atoms with Crippen LogP contribution in [-0.4, -0.2) is 82.2 Å². The van der Waals surface area contributed by atoms with Crippen LogP contribution in [0.15, 0.2) is 123 Å². The van der Waals surface area contributed by atoms with Crippen molar-refractivity contribution in [1.29, 1.82) is 0 Å². The fourth-order valence-corrected chi connectivity index (χ4v) is 9.16. The van der Waals surface area contributed by atoms with Crippen LogP contribution in [0.2, 0.25) is 0 Å². The molecule has 1 N–H and O–H groups in total. The van der Waals surface area contributed by atoms with Gasteiger partial charge in [0.05, 0.1) is 72.6 Å². The minimum absolute atomic E-state index is 0.0944. The predicted octanol–water partition coefficient (Wildman–Crippen LogP) is 10.9. The van der Waals surface area contributed by atoms with Gasteiger partial charge in [0.15, 0.2) is 11.6 Å². The summed E-state index contributed by atoms with van der Waals surface area (Å²) in [4.78, 5) is 86.8. The molecule has 2 aliphatic carbocycles. The van der Waals surface area contributed by atoms with E-state index in [0.717, 1.165) is 63.5 Å². The molecular formula is C60H67N5O16. The number of nitro groups is 1. The van der Waals surface area contributed by atoms with Gasteiger partial charge in [-0.15, -0.1) is 5.10 Å². The molecule has 0 bridgehead atoms. The van der Waals surface area contributed by atoms with Gasteiger partial charge in [-0.2, -0.15) is 0 Å². The molecule has 0 radical (unpaired) electrons. The molecule has 21 nitrogen and oxygen atoms in total. The van der Waals surface area contributed by atoms with Crippen molar-refractivity contribution in [2.45, 2.75) is 103 Å². The first-order valence-corrected chi connectivity index (χ1v) is 27.3. The Hall–Kier alpha value is -8.88. The van der Waals surface area contributed by atoms with Crippen molar-refractivity contribution in [3.05, 3.63) is 133 Å². The maximum Gasteiger partial charge on any atom is 0.330 e. The number of carbonyl (C=O) groups excluding carboxylic acids is 6. The summed E-state index contributed by atoms with van der Waals surface area (Å²) < 4.78 is 46.2. The van der Waals surface area contributed by atoms with Crippen molar-refractivity contribution >= 4 is 53.0 Å². The van der Waals surface area contributed by atoms with Gasteiger partial charge >= 0.3 is 35.8 Å². The molecule has 7 rings (SSSR count). The van der Waals surface area contributed by atoms with Crippen molar-refractivity contribution < 1.29 is 71.6 Å². The average molecular weight is 1110 g/mol. The maximum absolute atomic E-state index is 13.8. The molecule has 0 amide bonds. The lowest BCUT2D eigenvalue weighted by Gasteiger charge is -2.26. The Kier molecular flexibility index (Phi) is 22.9. The van der Waals surface area contributed by atoms with E-state index in [9.17, 15) is 38.9 Å². The molecule has 0 atom stereocenters. The van der Waals surface area contributed by atoms with E-state index in [1.54, 1.807) is 48.5 Å². The lowest BCUT2D eigenvalue weighted by Crippen LogP contribution is -2.30. The summed E-state index contributed by atoms with van der Waals surface area (Å²) >= 11 is 0. The largest absolute Gasteiger partial charge is 0.494 e. The van der Waals surface area contributed by atoms with Crippen LogP contribution >= 0.6 is 0 Å². The van der Waals surface area contributed by atoms with Crippen LogP contribution in [0.5, 0.6) is 34.5 Å². The highest BCUT2D eigenvalue weighted by atomic mass is 16.6. The third-order valence-electron chi connectivity index (χ3n) is 13.8. The molecule has 2 fully saturated rings. The molecule has 1 heterocycles. The van der Waals surface area contributed by atoms with Crippen LogP contribution in [0.25, 0.3) is 5.69 Å². The third kappa shape index (κ3) is 19.2. The molecule has 0 unspecified atom stereocenters. The number of anilines is 2. The number of non-ortho nitro benzene ring substituents is 1. The van der Waals surface area contributed by atoms with E-state index in [1.165, 1.54) is 53.3 Å². The monoisotopic (exact) mass is 1110 g/mol. The minimum Gasteiger partial charge on any atom is -0.494 e. The quantitative estimate of drug-likeness (QED) is 0.0112. The highest BCUT2D eigenvalue weighted by Gasteiger charge is 2.34. The summed E-state index contributed by atoms with van der Waals surface area (Å²) in [7, 11) is 0. The summed E-state index contributed by atoms with van der Waals surface area (Å²) in [5.74, 6) is -1.97.